The lowest BCUT2D eigenvalue weighted by atomic mass is 10.2. The van der Waals surface area contributed by atoms with Gasteiger partial charge in [0.05, 0.1) is 11.0 Å². The molecule has 0 fully saturated rings. The lowest BCUT2D eigenvalue weighted by molar-refractivity contribution is 0.102. The van der Waals surface area contributed by atoms with E-state index in [0.717, 1.165) is 5.69 Å². The highest BCUT2D eigenvalue weighted by Gasteiger charge is 2.10. The number of rotatable bonds is 4. The van der Waals surface area contributed by atoms with Crippen LogP contribution in [-0.2, 0) is 0 Å². The first-order valence-corrected chi connectivity index (χ1v) is 7.56. The van der Waals surface area contributed by atoms with Gasteiger partial charge in [-0.1, -0.05) is 18.2 Å². The number of nitrogens with zero attached hydrogens (tertiary/aromatic N) is 1. The number of carbonyl (C=O) groups excluding carboxylic acids is 2. The largest absolute Gasteiger partial charge is 0.338 e. The molecule has 0 spiro atoms. The summed E-state index contributed by atoms with van der Waals surface area (Å²) in [7, 11) is 0. The van der Waals surface area contributed by atoms with Gasteiger partial charge in [0.2, 0.25) is 5.95 Å². The van der Waals surface area contributed by atoms with Gasteiger partial charge >= 0.3 is 6.03 Å². The molecule has 1 heterocycles. The van der Waals surface area contributed by atoms with Crippen molar-refractivity contribution in [2.24, 2.45) is 0 Å². The Kier molecular flexibility index (Phi) is 4.42. The van der Waals surface area contributed by atoms with Gasteiger partial charge in [-0.05, 0) is 37.3 Å². The molecule has 3 amide bonds. The number of imidazole rings is 1. The molecule has 0 unspecified atom stereocenters. The van der Waals surface area contributed by atoms with Crippen LogP contribution in [0, 0.1) is 0 Å². The maximum Gasteiger partial charge on any atom is 0.321 e. The Balaban J connectivity index is 1.78. The van der Waals surface area contributed by atoms with Crippen LogP contribution in [-0.4, -0.2) is 28.5 Å². The first kappa shape index (κ1) is 15.5. The zero-order valence-corrected chi connectivity index (χ0v) is 13.1. The number of H-pyrrole nitrogens is 1. The second-order valence-corrected chi connectivity index (χ2v) is 5.12. The van der Waals surface area contributed by atoms with Crippen molar-refractivity contribution >= 4 is 34.6 Å². The van der Waals surface area contributed by atoms with E-state index in [1.807, 2.05) is 37.3 Å². The average Bonchev–Trinajstić information content (AvgIpc) is 2.97. The summed E-state index contributed by atoms with van der Waals surface area (Å²) in [4.78, 5) is 31.1. The lowest BCUT2D eigenvalue weighted by Gasteiger charge is -2.04. The highest BCUT2D eigenvalue weighted by molar-refractivity contribution is 6.06. The Hall–Kier alpha value is -3.35. The topological polar surface area (TPSA) is 98.9 Å². The molecule has 0 saturated carbocycles. The van der Waals surface area contributed by atoms with Crippen molar-refractivity contribution in [2.75, 3.05) is 17.2 Å². The van der Waals surface area contributed by atoms with Gasteiger partial charge in [-0.3, -0.25) is 10.1 Å². The fourth-order valence-corrected chi connectivity index (χ4v) is 2.25. The van der Waals surface area contributed by atoms with E-state index in [2.05, 4.69) is 25.9 Å². The summed E-state index contributed by atoms with van der Waals surface area (Å²) >= 11 is 0. The Morgan fingerprint density at radius 2 is 1.88 bits per heavy atom. The van der Waals surface area contributed by atoms with Gasteiger partial charge in [0.1, 0.15) is 0 Å². The molecule has 1 aromatic heterocycles. The normalized spacial score (nSPS) is 10.4. The molecule has 0 aliphatic carbocycles. The van der Waals surface area contributed by atoms with Gasteiger partial charge < -0.3 is 15.6 Å². The van der Waals surface area contributed by atoms with Crippen LogP contribution < -0.4 is 16.0 Å². The third kappa shape index (κ3) is 3.52. The molecular formula is C17H17N5O2. The fraction of sp³-hybridized carbons (Fsp3) is 0.118. The molecule has 4 N–H and O–H groups in total. The number of hydrogen-bond acceptors (Lipinski definition) is 3. The van der Waals surface area contributed by atoms with E-state index in [0.29, 0.717) is 29.1 Å². The Labute approximate surface area is 138 Å². The first-order chi connectivity index (χ1) is 11.7. The molecule has 0 atom stereocenters. The number of urea groups is 1. The molecule has 3 rings (SSSR count). The van der Waals surface area contributed by atoms with Crippen LogP contribution in [0.4, 0.5) is 16.4 Å². The number of amides is 3. The molecule has 7 nitrogen and oxygen atoms in total. The maximum absolute atomic E-state index is 12.3. The average molecular weight is 323 g/mol. The standard InChI is InChI=1S/C17H17N5O2/c1-2-18-17(24)22-16-20-13-9-8-11(10-14(13)21-16)15(23)19-12-6-4-3-5-7-12/h3-10H,2H2,1H3,(H,19,23)(H3,18,20,21,22,24). The van der Waals surface area contributed by atoms with E-state index in [9.17, 15) is 9.59 Å². The van der Waals surface area contributed by atoms with E-state index >= 15 is 0 Å². The van der Waals surface area contributed by atoms with Gasteiger partial charge in [-0.15, -0.1) is 0 Å². The Morgan fingerprint density at radius 3 is 2.62 bits per heavy atom. The van der Waals surface area contributed by atoms with Gasteiger partial charge in [-0.2, -0.15) is 0 Å². The first-order valence-electron chi connectivity index (χ1n) is 7.56. The monoisotopic (exact) mass is 323 g/mol. The third-order valence-electron chi connectivity index (χ3n) is 3.34. The predicted molar refractivity (Wildman–Crippen MR) is 93.2 cm³/mol. The quantitative estimate of drug-likeness (QED) is 0.594. The van der Waals surface area contributed by atoms with Crippen LogP contribution in [0.1, 0.15) is 17.3 Å². The highest BCUT2D eigenvalue weighted by Crippen LogP contribution is 2.17. The van der Waals surface area contributed by atoms with Crippen LogP contribution in [0.2, 0.25) is 0 Å². The summed E-state index contributed by atoms with van der Waals surface area (Å²) in [5, 5.41) is 8.05. The Morgan fingerprint density at radius 1 is 1.08 bits per heavy atom. The van der Waals surface area contributed by atoms with E-state index in [1.54, 1.807) is 18.2 Å². The molecule has 0 radical (unpaired) electrons. The molecule has 24 heavy (non-hydrogen) atoms. The number of aromatic nitrogens is 2. The summed E-state index contributed by atoms with van der Waals surface area (Å²) in [5.74, 6) is 0.118. The van der Waals surface area contributed by atoms with Crippen LogP contribution >= 0.6 is 0 Å². The summed E-state index contributed by atoms with van der Waals surface area (Å²) in [6.45, 7) is 2.35. The van der Waals surface area contributed by atoms with Crippen LogP contribution in [0.3, 0.4) is 0 Å². The zero-order chi connectivity index (χ0) is 16.9. The molecule has 3 aromatic rings. The summed E-state index contributed by atoms with van der Waals surface area (Å²) < 4.78 is 0. The SMILES string of the molecule is CCNC(=O)Nc1nc2ccc(C(=O)Nc3ccccc3)cc2[nH]1. The van der Waals surface area contributed by atoms with Crippen molar-refractivity contribution in [3.05, 3.63) is 54.1 Å². The van der Waals surface area contributed by atoms with Gasteiger partial charge in [0.25, 0.3) is 5.91 Å². The van der Waals surface area contributed by atoms with E-state index in [-0.39, 0.29) is 11.9 Å². The molecule has 2 aromatic carbocycles. The zero-order valence-electron chi connectivity index (χ0n) is 13.1. The number of anilines is 2. The number of benzene rings is 2. The van der Waals surface area contributed by atoms with Gasteiger partial charge in [0, 0.05) is 17.8 Å². The van der Waals surface area contributed by atoms with E-state index < -0.39 is 0 Å². The minimum atomic E-state index is -0.335. The summed E-state index contributed by atoms with van der Waals surface area (Å²) in [5.41, 5.74) is 2.56. The molecular weight excluding hydrogens is 306 g/mol. The number of hydrogen-bond donors (Lipinski definition) is 4. The van der Waals surface area contributed by atoms with Crippen molar-refractivity contribution in [3.8, 4) is 0 Å². The molecule has 0 bridgehead atoms. The van der Waals surface area contributed by atoms with Crippen LogP contribution in [0.15, 0.2) is 48.5 Å². The fourth-order valence-electron chi connectivity index (χ4n) is 2.25. The summed E-state index contributed by atoms with van der Waals surface area (Å²) in [6, 6.07) is 14.0. The minimum absolute atomic E-state index is 0.212. The predicted octanol–water partition coefficient (Wildman–Crippen LogP) is 2.96. The van der Waals surface area contributed by atoms with E-state index in [1.165, 1.54) is 0 Å². The van der Waals surface area contributed by atoms with E-state index in [4.69, 9.17) is 0 Å². The lowest BCUT2D eigenvalue weighted by Crippen LogP contribution is -2.28. The third-order valence-corrected chi connectivity index (χ3v) is 3.34. The number of para-hydroxylation sites is 1. The van der Waals surface area contributed by atoms with Crippen molar-refractivity contribution in [1.29, 1.82) is 0 Å². The van der Waals surface area contributed by atoms with Crippen molar-refractivity contribution in [2.45, 2.75) is 6.92 Å². The van der Waals surface area contributed by atoms with Gasteiger partial charge in [-0.25, -0.2) is 9.78 Å². The van der Waals surface area contributed by atoms with Crippen molar-refractivity contribution in [1.82, 2.24) is 15.3 Å². The molecule has 0 aliphatic rings. The van der Waals surface area contributed by atoms with Crippen molar-refractivity contribution in [3.63, 3.8) is 0 Å². The van der Waals surface area contributed by atoms with Crippen LogP contribution in [0.5, 0.6) is 0 Å². The molecule has 122 valence electrons. The number of fused-ring (bicyclic) bond motifs is 1. The number of carbonyl (C=O) groups is 2. The molecule has 7 heteroatoms. The van der Waals surface area contributed by atoms with Crippen LogP contribution in [0.25, 0.3) is 11.0 Å². The van der Waals surface area contributed by atoms with Crippen molar-refractivity contribution < 1.29 is 9.59 Å². The van der Waals surface area contributed by atoms with Gasteiger partial charge in [0.15, 0.2) is 0 Å². The smallest absolute Gasteiger partial charge is 0.321 e. The highest BCUT2D eigenvalue weighted by atomic mass is 16.2. The number of nitrogens with one attached hydrogen (secondary N) is 4. The Bertz CT molecular complexity index is 873. The summed E-state index contributed by atoms with van der Waals surface area (Å²) in [6.07, 6.45) is 0. The molecule has 0 saturated heterocycles. The molecule has 0 aliphatic heterocycles. The number of aromatic amines is 1. The second-order valence-electron chi connectivity index (χ2n) is 5.12. The maximum atomic E-state index is 12.3. The second kappa shape index (κ2) is 6.82. The minimum Gasteiger partial charge on any atom is -0.338 e.